The smallest absolute Gasteiger partial charge is 0.246 e. The van der Waals surface area contributed by atoms with Crippen molar-refractivity contribution in [2.45, 2.75) is 32.4 Å². The van der Waals surface area contributed by atoms with Crippen LogP contribution in [0.4, 0.5) is 4.39 Å². The Kier molecular flexibility index (Phi) is 7.28. The van der Waals surface area contributed by atoms with E-state index in [0.29, 0.717) is 43.4 Å². The number of ether oxygens (including phenoxy) is 2. The molecule has 7 nitrogen and oxygen atoms in total. The molecular weight excluding hydrogens is 563 g/mol. The molecule has 218 valence electrons. The number of aromatic nitrogens is 3. The number of rotatable bonds is 8. The van der Waals surface area contributed by atoms with Crippen LogP contribution in [0.3, 0.4) is 0 Å². The number of halogens is 1. The lowest BCUT2D eigenvalue weighted by molar-refractivity contribution is -0.127. The van der Waals surface area contributed by atoms with Gasteiger partial charge >= 0.3 is 0 Å². The van der Waals surface area contributed by atoms with E-state index in [0.717, 1.165) is 51.0 Å². The van der Waals surface area contributed by atoms with Crippen molar-refractivity contribution < 1.29 is 18.7 Å². The Balaban J connectivity index is 1.45. The molecule has 1 amide bonds. The fourth-order valence-corrected chi connectivity index (χ4v) is 7.11. The largest absolute Gasteiger partial charge is 0.490 e. The van der Waals surface area contributed by atoms with E-state index in [2.05, 4.69) is 36.2 Å². The van der Waals surface area contributed by atoms with Gasteiger partial charge in [0.1, 0.15) is 29.6 Å². The molecule has 0 saturated heterocycles. The van der Waals surface area contributed by atoms with Crippen molar-refractivity contribution in [2.24, 2.45) is 0 Å². The molecule has 0 bridgehead atoms. The summed E-state index contributed by atoms with van der Waals surface area (Å²) in [5.41, 5.74) is 8.64. The maximum atomic E-state index is 14.6. The molecule has 0 unspecified atom stereocenters. The van der Waals surface area contributed by atoms with E-state index in [4.69, 9.17) is 19.6 Å². The highest BCUT2D eigenvalue weighted by Gasteiger charge is 2.27. The van der Waals surface area contributed by atoms with Crippen molar-refractivity contribution in [1.82, 2.24) is 19.7 Å². The lowest BCUT2D eigenvalue weighted by atomic mass is 9.96. The average molecular weight is 595 g/mol. The average Bonchev–Trinajstić information content (AvgIpc) is 3.79. The van der Waals surface area contributed by atoms with Crippen molar-refractivity contribution in [3.63, 3.8) is 0 Å². The number of carbonyl (C=O) groups excluding carboxylic acids is 1. The van der Waals surface area contributed by atoms with Crippen molar-refractivity contribution in [2.75, 3.05) is 26.9 Å². The normalized spacial score (nSPS) is 14.1. The van der Waals surface area contributed by atoms with Gasteiger partial charge in [-0.1, -0.05) is 18.7 Å². The molecular formula is C34H31FN4O3S. The van der Waals surface area contributed by atoms with Crippen LogP contribution in [-0.4, -0.2) is 52.4 Å². The zero-order valence-electron chi connectivity index (χ0n) is 23.9. The second-order valence-electron chi connectivity index (χ2n) is 10.9. The SMILES string of the molecule is C=CC(=O)N1CCn2nc(-c3nc(-c4ccc5c(c4)CCC5)c4ccsc4c3-c3ccc(F)cc3OCCOC)cc2C1. The number of benzene rings is 2. The number of fused-ring (bicyclic) bond motifs is 3. The highest BCUT2D eigenvalue weighted by molar-refractivity contribution is 7.18. The van der Waals surface area contributed by atoms with Crippen LogP contribution in [-0.2, 0) is 35.5 Å². The summed E-state index contributed by atoms with van der Waals surface area (Å²) >= 11 is 1.62. The maximum Gasteiger partial charge on any atom is 0.246 e. The van der Waals surface area contributed by atoms with Crippen LogP contribution >= 0.6 is 11.3 Å². The Morgan fingerprint density at radius 2 is 1.95 bits per heavy atom. The molecule has 0 atom stereocenters. The first-order valence-electron chi connectivity index (χ1n) is 14.5. The fourth-order valence-electron chi connectivity index (χ4n) is 6.16. The van der Waals surface area contributed by atoms with E-state index in [1.54, 1.807) is 29.4 Å². The Bertz CT molecular complexity index is 1880. The Labute approximate surface area is 253 Å². The molecule has 3 aromatic heterocycles. The summed E-state index contributed by atoms with van der Waals surface area (Å²) in [5.74, 6) is -0.0602. The fraction of sp³-hybridized carbons (Fsp3) is 0.265. The third-order valence-corrected chi connectivity index (χ3v) is 9.20. The Morgan fingerprint density at radius 1 is 1.07 bits per heavy atom. The van der Waals surface area contributed by atoms with Gasteiger partial charge in [0.25, 0.3) is 0 Å². The zero-order valence-corrected chi connectivity index (χ0v) is 24.8. The van der Waals surface area contributed by atoms with Crippen LogP contribution in [0.2, 0.25) is 0 Å². The van der Waals surface area contributed by atoms with E-state index in [-0.39, 0.29) is 18.3 Å². The van der Waals surface area contributed by atoms with Gasteiger partial charge in [-0.05, 0) is 72.2 Å². The number of hydrogen-bond donors (Lipinski definition) is 0. The maximum absolute atomic E-state index is 14.6. The molecule has 0 N–H and O–H groups in total. The first kappa shape index (κ1) is 27.5. The minimum atomic E-state index is -0.382. The van der Waals surface area contributed by atoms with E-state index >= 15 is 0 Å². The van der Waals surface area contributed by atoms with Crippen molar-refractivity contribution >= 4 is 27.3 Å². The summed E-state index contributed by atoms with van der Waals surface area (Å²) < 4.78 is 28.8. The molecule has 1 aliphatic carbocycles. The lowest BCUT2D eigenvalue weighted by Crippen LogP contribution is -2.37. The first-order chi connectivity index (χ1) is 21.0. The predicted octanol–water partition coefficient (Wildman–Crippen LogP) is 6.68. The highest BCUT2D eigenvalue weighted by atomic mass is 32.1. The number of pyridine rings is 1. The second kappa shape index (κ2) is 11.4. The monoisotopic (exact) mass is 594 g/mol. The van der Waals surface area contributed by atoms with Gasteiger partial charge in [0, 0.05) is 46.5 Å². The highest BCUT2D eigenvalue weighted by Crippen LogP contribution is 2.46. The van der Waals surface area contributed by atoms with E-state index in [1.807, 2.05) is 10.7 Å². The molecule has 0 fully saturated rings. The number of carbonyl (C=O) groups is 1. The quantitative estimate of drug-likeness (QED) is 0.148. The van der Waals surface area contributed by atoms with Gasteiger partial charge in [-0.25, -0.2) is 9.37 Å². The third-order valence-electron chi connectivity index (χ3n) is 8.26. The summed E-state index contributed by atoms with van der Waals surface area (Å²) in [5, 5.41) is 8.09. The number of hydrogen-bond acceptors (Lipinski definition) is 6. The number of thiophene rings is 1. The molecule has 5 aromatic rings. The molecule has 7 rings (SSSR count). The van der Waals surface area contributed by atoms with Crippen LogP contribution in [0.25, 0.3) is 43.9 Å². The molecule has 4 heterocycles. The van der Waals surface area contributed by atoms with Gasteiger partial charge in [-0.15, -0.1) is 11.3 Å². The van der Waals surface area contributed by atoms with Crippen LogP contribution in [0.5, 0.6) is 5.75 Å². The van der Waals surface area contributed by atoms with Crippen LogP contribution in [0, 0.1) is 5.82 Å². The van der Waals surface area contributed by atoms with Gasteiger partial charge in [0.05, 0.1) is 31.1 Å². The standard InChI is InChI=1S/C34H31FN4O3S/c1-3-30(40)38-12-13-39-25(20-38)19-28(37-39)33-31(26-10-9-24(35)18-29(26)42-15-14-41-2)34-27(11-16-43-34)32(36-33)23-8-7-21-5-4-6-22(21)17-23/h3,7-11,16-19H,1,4-6,12-15,20H2,2H3. The molecule has 0 saturated carbocycles. The number of amides is 1. The summed E-state index contributed by atoms with van der Waals surface area (Å²) in [6, 6.07) is 15.4. The Hall–Kier alpha value is -4.34. The van der Waals surface area contributed by atoms with Crippen LogP contribution < -0.4 is 4.74 Å². The van der Waals surface area contributed by atoms with Gasteiger partial charge in [0.15, 0.2) is 0 Å². The summed E-state index contributed by atoms with van der Waals surface area (Å²) in [6.45, 7) is 5.87. The number of aryl methyl sites for hydroxylation is 2. The zero-order chi connectivity index (χ0) is 29.5. The van der Waals surface area contributed by atoms with E-state index < -0.39 is 0 Å². The summed E-state index contributed by atoms with van der Waals surface area (Å²) in [6.07, 6.45) is 4.71. The van der Waals surface area contributed by atoms with Crippen molar-refractivity contribution in [3.05, 3.63) is 89.2 Å². The molecule has 1 aliphatic heterocycles. The minimum Gasteiger partial charge on any atom is -0.490 e. The predicted molar refractivity (Wildman–Crippen MR) is 167 cm³/mol. The molecule has 43 heavy (non-hydrogen) atoms. The van der Waals surface area contributed by atoms with Crippen molar-refractivity contribution in [3.8, 4) is 39.5 Å². The van der Waals surface area contributed by atoms with Gasteiger partial charge in [-0.3, -0.25) is 9.48 Å². The molecule has 2 aromatic carbocycles. The molecule has 9 heteroatoms. The number of methoxy groups -OCH3 is 1. The van der Waals surface area contributed by atoms with Gasteiger partial charge < -0.3 is 14.4 Å². The number of nitrogens with zero attached hydrogens (tertiary/aromatic N) is 4. The first-order valence-corrected chi connectivity index (χ1v) is 15.4. The molecule has 0 radical (unpaired) electrons. The summed E-state index contributed by atoms with van der Waals surface area (Å²) in [4.78, 5) is 19.5. The van der Waals surface area contributed by atoms with Crippen LogP contribution in [0.1, 0.15) is 23.2 Å². The van der Waals surface area contributed by atoms with E-state index in [9.17, 15) is 9.18 Å². The summed E-state index contributed by atoms with van der Waals surface area (Å²) in [7, 11) is 1.61. The van der Waals surface area contributed by atoms with Gasteiger partial charge in [-0.2, -0.15) is 5.10 Å². The second-order valence-corrected chi connectivity index (χ2v) is 11.8. The minimum absolute atomic E-state index is 0.101. The topological polar surface area (TPSA) is 69.5 Å². The van der Waals surface area contributed by atoms with E-state index in [1.165, 1.54) is 35.8 Å². The molecule has 2 aliphatic rings. The van der Waals surface area contributed by atoms with Crippen LogP contribution in [0.15, 0.2) is 66.6 Å². The van der Waals surface area contributed by atoms with Gasteiger partial charge in [0.2, 0.25) is 5.91 Å². The Morgan fingerprint density at radius 3 is 2.81 bits per heavy atom. The lowest BCUT2D eigenvalue weighted by Gasteiger charge is -2.26. The third kappa shape index (κ3) is 5.02. The molecule has 0 spiro atoms. The van der Waals surface area contributed by atoms with Crippen molar-refractivity contribution in [1.29, 1.82) is 0 Å².